The average Bonchev–Trinajstić information content (AvgIpc) is 2.09. The van der Waals surface area contributed by atoms with Crippen molar-refractivity contribution in [2.45, 2.75) is 6.92 Å². The molecule has 0 spiro atoms. The van der Waals surface area contributed by atoms with Crippen molar-refractivity contribution in [1.82, 2.24) is 5.32 Å². The van der Waals surface area contributed by atoms with Gasteiger partial charge in [0.15, 0.2) is 6.19 Å². The maximum absolute atomic E-state index is 10.9. The lowest BCUT2D eigenvalue weighted by molar-refractivity contribution is 0.255. The van der Waals surface area contributed by atoms with Gasteiger partial charge in [0.25, 0.3) is 0 Å². The fourth-order valence-electron chi connectivity index (χ4n) is 0.850. The van der Waals surface area contributed by atoms with E-state index in [4.69, 9.17) is 5.26 Å². The summed E-state index contributed by atoms with van der Waals surface area (Å²) in [5.41, 5.74) is 1.78. The molecule has 1 aromatic rings. The lowest BCUT2D eigenvalue weighted by Gasteiger charge is -2.02. The molecule has 0 radical (unpaired) electrons. The Morgan fingerprint density at radius 1 is 1.38 bits per heavy atom. The highest BCUT2D eigenvalue weighted by atomic mass is 16.2. The van der Waals surface area contributed by atoms with E-state index >= 15 is 0 Å². The Balaban J connectivity index is 2.60. The number of rotatable bonds is 1. The van der Waals surface area contributed by atoms with Crippen molar-refractivity contribution in [2.75, 3.05) is 5.32 Å². The van der Waals surface area contributed by atoms with E-state index in [1.165, 1.54) is 6.19 Å². The molecule has 0 aromatic heterocycles. The summed E-state index contributed by atoms with van der Waals surface area (Å²) in [5, 5.41) is 12.6. The minimum atomic E-state index is -0.522. The van der Waals surface area contributed by atoms with Crippen molar-refractivity contribution in [3.63, 3.8) is 0 Å². The maximum Gasteiger partial charge on any atom is 0.332 e. The molecular weight excluding hydrogens is 166 g/mol. The van der Waals surface area contributed by atoms with Crippen LogP contribution in [0.3, 0.4) is 0 Å². The Bertz CT molecular complexity index is 337. The van der Waals surface area contributed by atoms with Crippen LogP contribution >= 0.6 is 0 Å². The Morgan fingerprint density at radius 3 is 2.54 bits per heavy atom. The monoisotopic (exact) mass is 175 g/mol. The van der Waals surface area contributed by atoms with Crippen LogP contribution in [0.25, 0.3) is 0 Å². The zero-order chi connectivity index (χ0) is 9.68. The minimum Gasteiger partial charge on any atom is -0.307 e. The minimum absolute atomic E-state index is 0.522. The van der Waals surface area contributed by atoms with Crippen LogP contribution in [-0.4, -0.2) is 6.03 Å². The molecule has 1 aromatic carbocycles. The van der Waals surface area contributed by atoms with Crippen LogP contribution < -0.4 is 10.6 Å². The first-order valence-electron chi connectivity index (χ1n) is 3.75. The summed E-state index contributed by atoms with van der Waals surface area (Å²) in [6.07, 6.45) is 1.54. The van der Waals surface area contributed by atoms with Crippen molar-refractivity contribution in [1.29, 1.82) is 5.26 Å². The first-order valence-corrected chi connectivity index (χ1v) is 3.75. The van der Waals surface area contributed by atoms with E-state index in [0.717, 1.165) is 5.56 Å². The number of nitrogens with one attached hydrogen (secondary N) is 2. The fourth-order valence-corrected chi connectivity index (χ4v) is 0.850. The number of hydrogen-bond acceptors (Lipinski definition) is 2. The van der Waals surface area contributed by atoms with Crippen LogP contribution in [0.15, 0.2) is 24.3 Å². The van der Waals surface area contributed by atoms with Gasteiger partial charge in [-0.25, -0.2) is 10.1 Å². The van der Waals surface area contributed by atoms with Gasteiger partial charge < -0.3 is 5.32 Å². The second-order valence-electron chi connectivity index (χ2n) is 2.56. The predicted molar refractivity (Wildman–Crippen MR) is 48.9 cm³/mol. The number of aryl methyl sites for hydroxylation is 1. The molecule has 0 heterocycles. The molecule has 4 nitrogen and oxygen atoms in total. The van der Waals surface area contributed by atoms with Crippen molar-refractivity contribution < 1.29 is 4.79 Å². The highest BCUT2D eigenvalue weighted by Gasteiger charge is 1.98. The van der Waals surface area contributed by atoms with Gasteiger partial charge in [-0.05, 0) is 19.1 Å². The Morgan fingerprint density at radius 2 is 2.00 bits per heavy atom. The average molecular weight is 175 g/mol. The summed E-state index contributed by atoms with van der Waals surface area (Å²) in [7, 11) is 0. The van der Waals surface area contributed by atoms with E-state index < -0.39 is 6.03 Å². The smallest absolute Gasteiger partial charge is 0.307 e. The van der Waals surface area contributed by atoms with E-state index in [9.17, 15) is 4.79 Å². The summed E-state index contributed by atoms with van der Waals surface area (Å²) in [6.45, 7) is 1.96. The highest BCUT2D eigenvalue weighted by Crippen LogP contribution is 2.07. The summed E-state index contributed by atoms with van der Waals surface area (Å²) >= 11 is 0. The van der Waals surface area contributed by atoms with Crippen LogP contribution in [0.2, 0.25) is 0 Å². The topological polar surface area (TPSA) is 64.9 Å². The van der Waals surface area contributed by atoms with Gasteiger partial charge in [0.1, 0.15) is 0 Å². The van der Waals surface area contributed by atoms with Gasteiger partial charge in [0.2, 0.25) is 0 Å². The summed E-state index contributed by atoms with van der Waals surface area (Å²) in [6, 6.07) is 6.77. The van der Waals surface area contributed by atoms with E-state index in [2.05, 4.69) is 5.32 Å². The van der Waals surface area contributed by atoms with Gasteiger partial charge in [-0.1, -0.05) is 17.7 Å². The number of benzene rings is 1. The number of nitrogens with zero attached hydrogens (tertiary/aromatic N) is 1. The predicted octanol–water partition coefficient (Wildman–Crippen LogP) is 1.60. The molecule has 0 aliphatic carbocycles. The molecule has 2 N–H and O–H groups in total. The van der Waals surface area contributed by atoms with Crippen LogP contribution in [0.5, 0.6) is 0 Å². The van der Waals surface area contributed by atoms with Crippen LogP contribution in [0.1, 0.15) is 5.56 Å². The van der Waals surface area contributed by atoms with Gasteiger partial charge >= 0.3 is 6.03 Å². The first-order chi connectivity index (χ1) is 6.22. The largest absolute Gasteiger partial charge is 0.332 e. The van der Waals surface area contributed by atoms with Crippen molar-refractivity contribution in [2.24, 2.45) is 0 Å². The second-order valence-corrected chi connectivity index (χ2v) is 2.56. The van der Waals surface area contributed by atoms with Gasteiger partial charge in [0, 0.05) is 5.69 Å². The van der Waals surface area contributed by atoms with E-state index in [1.54, 1.807) is 12.1 Å². The normalized spacial score (nSPS) is 8.62. The molecule has 0 saturated heterocycles. The molecule has 0 atom stereocenters. The molecule has 0 fully saturated rings. The zero-order valence-corrected chi connectivity index (χ0v) is 7.16. The van der Waals surface area contributed by atoms with Gasteiger partial charge in [-0.3, -0.25) is 0 Å². The molecule has 0 aliphatic heterocycles. The van der Waals surface area contributed by atoms with Gasteiger partial charge in [-0.2, -0.15) is 5.26 Å². The molecule has 66 valence electrons. The number of anilines is 1. The third kappa shape index (κ3) is 2.83. The SMILES string of the molecule is Cc1ccc(NC(=O)NC#N)cc1. The molecule has 1 rings (SSSR count). The molecule has 13 heavy (non-hydrogen) atoms. The standard InChI is InChI=1S/C9H9N3O/c1-7-2-4-8(5-3-7)12-9(13)11-6-10/h2-5H,1H3,(H2,11,12,13). The third-order valence-corrected chi connectivity index (χ3v) is 1.48. The third-order valence-electron chi connectivity index (χ3n) is 1.48. The van der Waals surface area contributed by atoms with Gasteiger partial charge in [-0.15, -0.1) is 0 Å². The zero-order valence-electron chi connectivity index (χ0n) is 7.16. The lowest BCUT2D eigenvalue weighted by Crippen LogP contribution is -2.23. The highest BCUT2D eigenvalue weighted by molar-refractivity contribution is 5.90. The summed E-state index contributed by atoms with van der Waals surface area (Å²) in [4.78, 5) is 10.9. The van der Waals surface area contributed by atoms with Crippen LogP contribution in [0.4, 0.5) is 10.5 Å². The summed E-state index contributed by atoms with van der Waals surface area (Å²) < 4.78 is 0. The Kier molecular flexibility index (Phi) is 2.87. The van der Waals surface area contributed by atoms with E-state index in [0.29, 0.717) is 5.69 Å². The van der Waals surface area contributed by atoms with E-state index in [1.807, 2.05) is 24.4 Å². The number of urea groups is 1. The molecular formula is C9H9N3O. The number of hydrogen-bond donors (Lipinski definition) is 2. The number of amides is 2. The maximum atomic E-state index is 10.9. The first kappa shape index (κ1) is 9.07. The quantitative estimate of drug-likeness (QED) is 0.503. The van der Waals surface area contributed by atoms with Crippen molar-refractivity contribution in [3.05, 3.63) is 29.8 Å². The molecule has 4 heteroatoms. The number of nitriles is 1. The Hall–Kier alpha value is -2.02. The molecule has 0 saturated carbocycles. The second kappa shape index (κ2) is 4.12. The Labute approximate surface area is 76.2 Å². The molecule has 2 amide bonds. The van der Waals surface area contributed by atoms with Gasteiger partial charge in [0.05, 0.1) is 0 Å². The fraction of sp³-hybridized carbons (Fsp3) is 0.111. The van der Waals surface area contributed by atoms with Crippen molar-refractivity contribution in [3.8, 4) is 6.19 Å². The summed E-state index contributed by atoms with van der Waals surface area (Å²) in [5.74, 6) is 0. The number of carbonyl (C=O) groups is 1. The van der Waals surface area contributed by atoms with Crippen molar-refractivity contribution >= 4 is 11.7 Å². The number of carbonyl (C=O) groups excluding carboxylic acids is 1. The van der Waals surface area contributed by atoms with Crippen LogP contribution in [-0.2, 0) is 0 Å². The molecule has 0 bridgehead atoms. The van der Waals surface area contributed by atoms with E-state index in [-0.39, 0.29) is 0 Å². The molecule has 0 unspecified atom stereocenters. The lowest BCUT2D eigenvalue weighted by atomic mass is 10.2. The molecule has 0 aliphatic rings. The van der Waals surface area contributed by atoms with Crippen LogP contribution in [0, 0.1) is 18.4 Å².